The maximum absolute atomic E-state index is 13.0. The largest absolute Gasteiger partial charge is 0.573 e. The number of hydrogen-bond acceptors (Lipinski definition) is 4. The Morgan fingerprint density at radius 1 is 1.13 bits per heavy atom. The Morgan fingerprint density at radius 2 is 1.90 bits per heavy atom. The van der Waals surface area contributed by atoms with Gasteiger partial charge in [-0.25, -0.2) is 4.79 Å². The highest BCUT2D eigenvalue weighted by molar-refractivity contribution is 5.88. The van der Waals surface area contributed by atoms with Crippen LogP contribution < -0.4 is 9.47 Å². The number of fused-ring (bicyclic) bond motifs is 1. The van der Waals surface area contributed by atoms with E-state index >= 15 is 0 Å². The fourth-order valence-electron chi connectivity index (χ4n) is 4.77. The molecule has 4 rings (SSSR count). The molecule has 1 aliphatic carbocycles. The maximum Gasteiger partial charge on any atom is 0.573 e. The van der Waals surface area contributed by atoms with E-state index < -0.39 is 18.4 Å². The van der Waals surface area contributed by atoms with Crippen molar-refractivity contribution in [2.75, 3.05) is 0 Å². The number of hydrogen-bond donors (Lipinski definition) is 2. The maximum atomic E-state index is 13.0. The number of carboxylic acids is 1. The van der Waals surface area contributed by atoms with Gasteiger partial charge in [-0.05, 0) is 48.4 Å². The number of aliphatic carboxylic acids is 1. The van der Waals surface area contributed by atoms with E-state index in [2.05, 4.69) is 4.74 Å². The minimum atomic E-state index is -4.83. The zero-order valence-corrected chi connectivity index (χ0v) is 21.8. The van der Waals surface area contributed by atoms with Crippen molar-refractivity contribution in [1.29, 1.82) is 0 Å². The molecule has 6 nitrogen and oxygen atoms in total. The average Bonchev–Trinajstić information content (AvgIpc) is 3.09. The quantitative estimate of drug-likeness (QED) is 0.290. The van der Waals surface area contributed by atoms with Crippen LogP contribution in [-0.4, -0.2) is 33.2 Å². The molecule has 1 aromatic heterocycles. The molecule has 3 aromatic rings. The highest BCUT2D eigenvalue weighted by atomic mass is 19.4. The summed E-state index contributed by atoms with van der Waals surface area (Å²) in [5.74, 6) is -1.19. The normalized spacial score (nSPS) is 18.7. The molecule has 0 saturated carbocycles. The Bertz CT molecular complexity index is 1450. The summed E-state index contributed by atoms with van der Waals surface area (Å²) in [7, 11) is 0. The molecule has 0 spiro atoms. The van der Waals surface area contributed by atoms with Gasteiger partial charge >= 0.3 is 12.3 Å². The van der Waals surface area contributed by atoms with E-state index in [9.17, 15) is 28.2 Å². The molecule has 2 N–H and O–H groups in total. The Hall–Kier alpha value is -4.14. The van der Waals surface area contributed by atoms with Gasteiger partial charge < -0.3 is 24.3 Å². The lowest BCUT2D eigenvalue weighted by molar-refractivity contribution is -0.274. The molecule has 39 heavy (non-hydrogen) atoms. The minimum Gasteiger partial charge on any atom is -0.512 e. The molecule has 0 bridgehead atoms. The fraction of sp³-hybridized carbons (Fsp3) is 0.300. The van der Waals surface area contributed by atoms with Gasteiger partial charge in [0.1, 0.15) is 11.5 Å². The van der Waals surface area contributed by atoms with Crippen LogP contribution in [0.25, 0.3) is 10.9 Å². The molecule has 9 heteroatoms. The first-order valence-corrected chi connectivity index (χ1v) is 12.5. The second-order valence-corrected chi connectivity index (χ2v) is 9.78. The number of benzene rings is 2. The van der Waals surface area contributed by atoms with E-state index in [1.165, 1.54) is 12.1 Å². The van der Waals surface area contributed by atoms with Crippen molar-refractivity contribution in [1.82, 2.24) is 4.57 Å². The number of carbonyl (C=O) groups is 1. The number of allylic oxidation sites excluding steroid dienone is 5. The van der Waals surface area contributed by atoms with Crippen LogP contribution in [0.1, 0.15) is 43.0 Å². The number of nitrogens with zero attached hydrogens (tertiary/aromatic N) is 1. The Labute approximate surface area is 224 Å². The zero-order chi connectivity index (χ0) is 28.3. The smallest absolute Gasteiger partial charge is 0.512 e. The molecule has 1 aliphatic rings. The first-order chi connectivity index (χ1) is 18.4. The van der Waals surface area contributed by atoms with Crippen LogP contribution in [0.15, 0.2) is 78.6 Å². The van der Waals surface area contributed by atoms with Crippen molar-refractivity contribution in [2.24, 2.45) is 5.92 Å². The molecule has 206 valence electrons. The summed E-state index contributed by atoms with van der Waals surface area (Å²) in [5, 5.41) is 20.1. The van der Waals surface area contributed by atoms with E-state index in [-0.39, 0.29) is 23.3 Å². The van der Waals surface area contributed by atoms with E-state index in [1.54, 1.807) is 50.3 Å². The lowest BCUT2D eigenvalue weighted by atomic mass is 9.93. The molecule has 2 aromatic carbocycles. The predicted molar refractivity (Wildman–Crippen MR) is 142 cm³/mol. The van der Waals surface area contributed by atoms with Crippen LogP contribution in [0.5, 0.6) is 11.5 Å². The van der Waals surface area contributed by atoms with Gasteiger partial charge in [0.05, 0.1) is 11.3 Å². The standard InChI is InChI=1S/C30H30F3NO5/c1-18(2)28(29(36)37)38-23-12-4-7-20(15-23)17-34-19(3)27(21-8-5-10-22(35)11-6-9-21)25-14-13-24(16-26(25)34)39-30(31,32)33/h4-10,12-16,18,21,28,35H,11,17H2,1-3H3,(H,36,37)/b8-5?,9-6-,22-10+. The van der Waals surface area contributed by atoms with Gasteiger partial charge in [-0.2, -0.15) is 0 Å². The summed E-state index contributed by atoms with van der Waals surface area (Å²) >= 11 is 0. The van der Waals surface area contributed by atoms with Crippen molar-refractivity contribution in [2.45, 2.75) is 52.1 Å². The molecule has 0 amide bonds. The number of halogens is 3. The van der Waals surface area contributed by atoms with Crippen LogP contribution in [-0.2, 0) is 11.3 Å². The second kappa shape index (κ2) is 11.3. The Balaban J connectivity index is 1.79. The summed E-state index contributed by atoms with van der Waals surface area (Å²) in [6, 6.07) is 11.3. The highest BCUT2D eigenvalue weighted by Gasteiger charge is 2.31. The van der Waals surface area contributed by atoms with Crippen molar-refractivity contribution < 1.29 is 37.7 Å². The summed E-state index contributed by atoms with van der Waals surface area (Å²) in [5.41, 5.74) is 3.11. The van der Waals surface area contributed by atoms with Crippen LogP contribution >= 0.6 is 0 Å². The number of ether oxygens (including phenoxy) is 2. The SMILES string of the molecule is Cc1c(C2C=C/C=C(/O)C/C=C\2)c2ccc(OC(F)(F)F)cc2n1Cc1cccc(OC(C(=O)O)C(C)C)c1. The molecule has 2 atom stereocenters. The number of carboxylic acid groups (broad SMARTS) is 1. The first-order valence-electron chi connectivity index (χ1n) is 12.5. The van der Waals surface area contributed by atoms with Crippen molar-refractivity contribution in [3.05, 3.63) is 95.4 Å². The molecular formula is C30H30F3NO5. The number of aliphatic hydroxyl groups excluding tert-OH is 1. The van der Waals surface area contributed by atoms with Gasteiger partial charge in [-0.15, -0.1) is 13.2 Å². The van der Waals surface area contributed by atoms with Gasteiger partial charge in [0.15, 0.2) is 6.10 Å². The van der Waals surface area contributed by atoms with Crippen molar-refractivity contribution in [3.8, 4) is 11.5 Å². The topological polar surface area (TPSA) is 80.9 Å². The summed E-state index contributed by atoms with van der Waals surface area (Å²) < 4.78 is 50.9. The molecule has 0 saturated heterocycles. The number of aromatic nitrogens is 1. The monoisotopic (exact) mass is 541 g/mol. The predicted octanol–water partition coefficient (Wildman–Crippen LogP) is 7.43. The van der Waals surface area contributed by atoms with Gasteiger partial charge in [-0.3, -0.25) is 0 Å². The van der Waals surface area contributed by atoms with Gasteiger partial charge in [-0.1, -0.05) is 50.3 Å². The summed E-state index contributed by atoms with van der Waals surface area (Å²) in [4.78, 5) is 11.6. The van der Waals surface area contributed by atoms with Gasteiger partial charge in [0.25, 0.3) is 0 Å². The van der Waals surface area contributed by atoms with Crippen LogP contribution in [0, 0.1) is 12.8 Å². The van der Waals surface area contributed by atoms with Crippen LogP contribution in [0.2, 0.25) is 0 Å². The third kappa shape index (κ3) is 6.66. The lowest BCUT2D eigenvalue weighted by Gasteiger charge is -2.19. The third-order valence-electron chi connectivity index (χ3n) is 6.54. The number of rotatable bonds is 8. The Morgan fingerprint density at radius 3 is 2.59 bits per heavy atom. The molecule has 2 unspecified atom stereocenters. The third-order valence-corrected chi connectivity index (χ3v) is 6.54. The van der Waals surface area contributed by atoms with E-state index in [4.69, 9.17) is 4.74 Å². The van der Waals surface area contributed by atoms with Crippen molar-refractivity contribution >= 4 is 16.9 Å². The first kappa shape index (κ1) is 27.9. The Kier molecular flexibility index (Phi) is 8.09. The highest BCUT2D eigenvalue weighted by Crippen LogP contribution is 2.37. The van der Waals surface area contributed by atoms with Gasteiger partial charge in [0, 0.05) is 41.9 Å². The minimum absolute atomic E-state index is 0.176. The van der Waals surface area contributed by atoms with Crippen LogP contribution in [0.4, 0.5) is 13.2 Å². The number of aliphatic hydroxyl groups is 1. The van der Waals surface area contributed by atoms with E-state index in [0.717, 1.165) is 22.2 Å². The van der Waals surface area contributed by atoms with Crippen LogP contribution in [0.3, 0.4) is 0 Å². The summed E-state index contributed by atoms with van der Waals surface area (Å²) in [6.45, 7) is 5.73. The molecule has 0 radical (unpaired) electrons. The van der Waals surface area contributed by atoms with Crippen molar-refractivity contribution in [3.63, 3.8) is 0 Å². The molecule has 1 heterocycles. The zero-order valence-electron chi connectivity index (χ0n) is 21.8. The van der Waals surface area contributed by atoms with Gasteiger partial charge in [0.2, 0.25) is 0 Å². The van der Waals surface area contributed by atoms with E-state index in [0.29, 0.717) is 24.2 Å². The molecular weight excluding hydrogens is 511 g/mol. The fourth-order valence-corrected chi connectivity index (χ4v) is 4.77. The molecule has 0 fully saturated rings. The number of alkyl halides is 3. The molecule has 0 aliphatic heterocycles. The average molecular weight is 542 g/mol. The summed E-state index contributed by atoms with van der Waals surface area (Å²) in [6.07, 6.45) is 3.65. The van der Waals surface area contributed by atoms with E-state index in [1.807, 2.05) is 35.8 Å². The lowest BCUT2D eigenvalue weighted by Crippen LogP contribution is -2.32. The second-order valence-electron chi connectivity index (χ2n) is 9.78.